The van der Waals surface area contributed by atoms with E-state index < -0.39 is 17.6 Å². The van der Waals surface area contributed by atoms with Crippen LogP contribution in [0.2, 0.25) is 0 Å². The molecule has 0 aliphatic heterocycles. The summed E-state index contributed by atoms with van der Waals surface area (Å²) in [5, 5.41) is 30.2. The molecule has 1 aromatic rings. The van der Waals surface area contributed by atoms with Crippen LogP contribution in [0.4, 0.5) is 0 Å². The van der Waals surface area contributed by atoms with Gasteiger partial charge >= 0.3 is 5.97 Å². The van der Waals surface area contributed by atoms with Crippen LogP contribution in [0.15, 0.2) is 18.2 Å². The molecule has 0 saturated heterocycles. The van der Waals surface area contributed by atoms with E-state index in [0.717, 1.165) is 0 Å². The number of benzene rings is 1. The predicted molar refractivity (Wildman–Crippen MR) is 67.9 cm³/mol. The van der Waals surface area contributed by atoms with E-state index in [1.165, 1.54) is 18.2 Å². The maximum absolute atomic E-state index is 11.8. The van der Waals surface area contributed by atoms with E-state index in [1.807, 2.05) is 0 Å². The Hall–Kier alpha value is -2.28. The molecule has 7 nitrogen and oxygen atoms in total. The van der Waals surface area contributed by atoms with Crippen molar-refractivity contribution >= 4 is 11.9 Å². The maximum atomic E-state index is 11.8. The fourth-order valence-electron chi connectivity index (χ4n) is 1.82. The Kier molecular flexibility index (Phi) is 3.54. The number of carbonyl (C=O) groups is 2. The lowest BCUT2D eigenvalue weighted by Gasteiger charge is -2.16. The smallest absolute Gasteiger partial charge is 0.326 e. The maximum Gasteiger partial charge on any atom is 0.326 e. The zero-order valence-electron chi connectivity index (χ0n) is 10.8. The van der Waals surface area contributed by atoms with Gasteiger partial charge in [-0.15, -0.1) is 0 Å². The number of hydrogen-bond acceptors (Lipinski definition) is 4. The Balaban J connectivity index is 2.07. The summed E-state index contributed by atoms with van der Waals surface area (Å²) in [7, 11) is 0. The Morgan fingerprint density at radius 2 is 1.95 bits per heavy atom. The van der Waals surface area contributed by atoms with Crippen molar-refractivity contribution in [2.24, 2.45) is 0 Å². The predicted octanol–water partition coefficient (Wildman–Crippen LogP) is -1.02. The number of carboxylic acid groups (broad SMARTS) is 1. The zero-order valence-corrected chi connectivity index (χ0v) is 10.8. The highest BCUT2D eigenvalue weighted by Gasteiger charge is 2.51. The van der Waals surface area contributed by atoms with Crippen LogP contribution >= 0.6 is 0 Å². The highest BCUT2D eigenvalue weighted by atomic mass is 16.4. The van der Waals surface area contributed by atoms with Crippen LogP contribution in [0.1, 0.15) is 18.4 Å². The van der Waals surface area contributed by atoms with Crippen LogP contribution < -0.4 is 11.1 Å². The van der Waals surface area contributed by atoms with Crippen molar-refractivity contribution < 1.29 is 30.6 Å². The van der Waals surface area contributed by atoms with Crippen molar-refractivity contribution in [3.05, 3.63) is 23.8 Å². The Morgan fingerprint density at radius 1 is 1.30 bits per heavy atom. The molecular formula is C13H17N2O5+. The van der Waals surface area contributed by atoms with Gasteiger partial charge in [-0.1, -0.05) is 6.07 Å². The van der Waals surface area contributed by atoms with E-state index in [0.29, 0.717) is 18.4 Å². The summed E-state index contributed by atoms with van der Waals surface area (Å²) in [4.78, 5) is 23.0. The molecule has 1 aromatic carbocycles. The van der Waals surface area contributed by atoms with Gasteiger partial charge in [-0.25, -0.2) is 4.79 Å². The first-order valence-corrected chi connectivity index (χ1v) is 6.22. The fraction of sp³-hybridized carbons (Fsp3) is 0.385. The second-order valence-corrected chi connectivity index (χ2v) is 5.17. The highest BCUT2D eigenvalue weighted by Crippen LogP contribution is 2.30. The molecule has 0 radical (unpaired) electrons. The molecule has 7 heteroatoms. The molecule has 0 bridgehead atoms. The van der Waals surface area contributed by atoms with E-state index in [4.69, 9.17) is 5.11 Å². The fourth-order valence-corrected chi connectivity index (χ4v) is 1.82. The summed E-state index contributed by atoms with van der Waals surface area (Å²) in [5.41, 5.74) is 3.56. The molecule has 0 unspecified atom stereocenters. The summed E-state index contributed by atoms with van der Waals surface area (Å²) >= 11 is 0. The number of phenols is 2. The topological polar surface area (TPSA) is 134 Å². The average Bonchev–Trinajstić information content (AvgIpc) is 3.12. The molecule has 0 spiro atoms. The van der Waals surface area contributed by atoms with E-state index in [1.54, 1.807) is 0 Å². The van der Waals surface area contributed by atoms with Crippen LogP contribution in [0.3, 0.4) is 0 Å². The average molecular weight is 281 g/mol. The SMILES string of the molecule is [NH3+]C1(C(=O)N[C@@H](Cc2ccc(O)c(O)c2)C(=O)O)CC1. The molecule has 1 aliphatic carbocycles. The third-order valence-electron chi connectivity index (χ3n) is 3.42. The van der Waals surface area contributed by atoms with Crippen molar-refractivity contribution in [1.29, 1.82) is 0 Å². The molecule has 1 aliphatic rings. The molecule has 1 atom stereocenters. The van der Waals surface area contributed by atoms with Crippen molar-refractivity contribution in [1.82, 2.24) is 5.32 Å². The number of carbonyl (C=O) groups excluding carboxylic acids is 1. The number of carboxylic acids is 1. The van der Waals surface area contributed by atoms with Crippen LogP contribution in [0.25, 0.3) is 0 Å². The first-order chi connectivity index (χ1) is 9.32. The Bertz CT molecular complexity index is 554. The molecule has 1 saturated carbocycles. The van der Waals surface area contributed by atoms with Gasteiger partial charge in [-0.3, -0.25) is 4.79 Å². The largest absolute Gasteiger partial charge is 0.504 e. The number of rotatable bonds is 5. The molecule has 108 valence electrons. The van der Waals surface area contributed by atoms with Crippen LogP contribution in [-0.2, 0) is 16.0 Å². The van der Waals surface area contributed by atoms with Gasteiger partial charge < -0.3 is 26.4 Å². The number of quaternary nitrogens is 1. The molecule has 1 fully saturated rings. The summed E-state index contributed by atoms with van der Waals surface area (Å²) in [6.45, 7) is 0. The summed E-state index contributed by atoms with van der Waals surface area (Å²) in [6.07, 6.45) is 1.33. The lowest BCUT2D eigenvalue weighted by molar-refractivity contribution is -0.420. The number of hydrogen-bond donors (Lipinski definition) is 5. The Morgan fingerprint density at radius 3 is 2.45 bits per heavy atom. The van der Waals surface area contributed by atoms with Gasteiger partial charge in [0.1, 0.15) is 6.04 Å². The monoisotopic (exact) mass is 281 g/mol. The van der Waals surface area contributed by atoms with Gasteiger partial charge in [0.15, 0.2) is 17.0 Å². The van der Waals surface area contributed by atoms with E-state index in [-0.39, 0.29) is 23.8 Å². The summed E-state index contributed by atoms with van der Waals surface area (Å²) in [5.74, 6) is -2.13. The number of aromatic hydroxyl groups is 2. The quantitative estimate of drug-likeness (QED) is 0.440. The Labute approximate surface area is 115 Å². The molecule has 0 heterocycles. The minimum atomic E-state index is -1.16. The van der Waals surface area contributed by atoms with Gasteiger partial charge in [0.05, 0.1) is 0 Å². The first kappa shape index (κ1) is 14.1. The first-order valence-electron chi connectivity index (χ1n) is 6.22. The van der Waals surface area contributed by atoms with Crippen LogP contribution in [-0.4, -0.2) is 38.8 Å². The molecule has 20 heavy (non-hydrogen) atoms. The summed E-state index contributed by atoms with van der Waals surface area (Å²) in [6, 6.07) is 2.95. The standard InChI is InChI=1S/C13H16N2O5/c14-13(3-4-13)12(20)15-8(11(18)19)5-7-1-2-9(16)10(17)6-7/h1-2,6,8,16-17H,3-5,14H2,(H,15,20)(H,18,19)/p+1/t8-/m0/s1. The molecule has 7 N–H and O–H groups in total. The second-order valence-electron chi connectivity index (χ2n) is 5.17. The van der Waals surface area contributed by atoms with Crippen molar-refractivity contribution in [3.63, 3.8) is 0 Å². The van der Waals surface area contributed by atoms with Gasteiger partial charge in [-0.2, -0.15) is 0 Å². The van der Waals surface area contributed by atoms with Crippen molar-refractivity contribution in [2.75, 3.05) is 0 Å². The lowest BCUT2D eigenvalue weighted by Crippen LogP contribution is -2.71. The van der Waals surface area contributed by atoms with Gasteiger partial charge in [0.2, 0.25) is 0 Å². The second kappa shape index (κ2) is 5.01. The molecule has 1 amide bonds. The number of phenolic OH excluding ortho intramolecular Hbond substituents is 2. The normalized spacial score (nSPS) is 17.2. The van der Waals surface area contributed by atoms with Crippen LogP contribution in [0, 0.1) is 0 Å². The van der Waals surface area contributed by atoms with E-state index >= 15 is 0 Å². The third kappa shape index (κ3) is 3.00. The van der Waals surface area contributed by atoms with Crippen molar-refractivity contribution in [3.8, 4) is 11.5 Å². The van der Waals surface area contributed by atoms with Gasteiger partial charge in [0.25, 0.3) is 5.91 Å². The third-order valence-corrected chi connectivity index (χ3v) is 3.42. The number of aliphatic carboxylic acids is 1. The van der Waals surface area contributed by atoms with Crippen molar-refractivity contribution in [2.45, 2.75) is 30.8 Å². The highest BCUT2D eigenvalue weighted by molar-refractivity contribution is 5.91. The lowest BCUT2D eigenvalue weighted by atomic mass is 10.0. The zero-order chi connectivity index (χ0) is 14.9. The molecular weight excluding hydrogens is 264 g/mol. The minimum Gasteiger partial charge on any atom is -0.504 e. The number of amides is 1. The number of nitrogens with one attached hydrogen (secondary N) is 1. The van der Waals surface area contributed by atoms with E-state index in [2.05, 4.69) is 11.1 Å². The van der Waals surface area contributed by atoms with Gasteiger partial charge in [0, 0.05) is 19.3 Å². The van der Waals surface area contributed by atoms with Crippen LogP contribution in [0.5, 0.6) is 11.5 Å². The minimum absolute atomic E-state index is 0.0188. The molecule has 0 aromatic heterocycles. The van der Waals surface area contributed by atoms with Gasteiger partial charge in [-0.05, 0) is 17.7 Å². The molecule has 2 rings (SSSR count). The van der Waals surface area contributed by atoms with E-state index in [9.17, 15) is 19.8 Å². The summed E-state index contributed by atoms with van der Waals surface area (Å²) < 4.78 is 0.